The number of nitrogens with two attached hydrogens (primary N) is 5. The van der Waals surface area contributed by atoms with E-state index in [-0.39, 0.29) is 131 Å². The van der Waals surface area contributed by atoms with Gasteiger partial charge in [0.25, 0.3) is 22.2 Å². The molecule has 1 amide bonds. The maximum atomic E-state index is 13.1. The van der Waals surface area contributed by atoms with E-state index in [2.05, 4.69) is 45.2 Å². The number of nitrogens with one attached hydrogen (secondary N) is 5. The molecule has 6 saturated heterocycles. The number of esters is 2. The van der Waals surface area contributed by atoms with Crippen molar-refractivity contribution in [2.45, 2.75) is 184 Å². The molecule has 113 heavy (non-hydrogen) atoms. The van der Waals surface area contributed by atoms with Crippen LogP contribution in [0.25, 0.3) is 44.7 Å². The Bertz CT molecular complexity index is 5440. The van der Waals surface area contributed by atoms with E-state index in [1.165, 1.54) is 48.8 Å². The second-order valence-corrected chi connectivity index (χ2v) is 28.5. The van der Waals surface area contributed by atoms with Gasteiger partial charge in [0.15, 0.2) is 81.1 Å². The smallest absolute Gasteiger partial charge is 0.332 e. The lowest BCUT2D eigenvalue weighted by molar-refractivity contribution is -0.202. The number of imidazole rings is 4. The lowest BCUT2D eigenvalue weighted by Gasteiger charge is -2.25. The number of carbonyl (C=O) groups excluding carboxylic acids is 3. The lowest BCUT2D eigenvalue weighted by Crippen LogP contribution is -2.45. The molecule has 14 heterocycles. The van der Waals surface area contributed by atoms with Gasteiger partial charge < -0.3 is 112 Å². The SMILES string of the molecule is CC(=O)N[C@H](C(=O)OC[C@H]1O[C@@H](n2c(=O)n(C)c3c(=O)[nH]c(N)nc32)C2OC(C)(C)O[C@@H]21)C(C)C.CC(C)[C@H](N)C(=O)OC[C@H]1O[C@@H](n2c(=O)n(C)c3c(=O)[nH]c(N)nc32)[C@H](O)[C@@H]1O.Cl.Cl.Cn1c(=O)n([C@@H]2O[C@H](CO)[C@@H](O)[C@H]2O)c2nc(N)[nH]c(=O)c21.Cn1c(=O)n([C@@H]2O[C@H](CO)[C@H]3OC(C)(C)OC23)c2nc(N)[nH]c(=O)c21. The number of H-pyrrole nitrogens is 4. The highest BCUT2D eigenvalue weighted by atomic mass is 35.5. The van der Waals surface area contributed by atoms with Crippen LogP contribution in [0.2, 0.25) is 0 Å². The molecule has 6 aliphatic rings. The van der Waals surface area contributed by atoms with E-state index in [0.29, 0.717) is 0 Å². The highest BCUT2D eigenvalue weighted by Gasteiger charge is 2.59. The molecule has 0 aliphatic carbocycles. The second-order valence-electron chi connectivity index (χ2n) is 28.5. The molecule has 0 spiro atoms. The standard InChI is InChI=1S/C21H30N6O8.C16H24N6O7.C14H19N5O6.C11H15N5O6.2ClH/c1-8(2)11(23-9(3)28)18(30)32-7-10-13-14(35-21(4,5)34-13)17(33-10)27-15-12(26(6)20(27)31)16(29)25-19(22)24-15;1-5(2)7(17)14(26)28-4-6-9(23)10(24)13(29-6)22-11-8(21(3)16(22)27)12(25)20-15(18)19-11;1-14(2)24-7-5(4-20)23-11(8(7)25-14)19-9-6(18(3)13(19)22)10(21)17-12(15)16-9;1-15-4-7(13-10(12)14-8(4)20)16(11(15)21)9-6(19)5(18)3(2-17)22-9;;/h8,10-11,13-14,17H,7H2,1-6H3,(H,23,28)(H3,22,24,25,29);5-7,9-10,13,23-24H,4,17H2,1-3H3,(H3,18,19,20,25);5,7-8,11,20H,4H2,1-3H3,(H3,15,16,17,21);3,5-6,9,17-19H,2H2,1H3,(H3,12,13,14,20);2*1H/t10-,11+,13-,14?,17-;6-,7+,9-,10-,13-;5-,7-,8?,11-;3-,5-,6-,9-;;/m1111../s1. The van der Waals surface area contributed by atoms with Gasteiger partial charge in [-0.2, -0.15) is 19.9 Å². The number of aromatic amines is 4. The summed E-state index contributed by atoms with van der Waals surface area (Å²) in [6.07, 6.45) is -16.8. The Balaban J connectivity index is 0.000000174. The Labute approximate surface area is 645 Å². The van der Waals surface area contributed by atoms with E-state index in [1.54, 1.807) is 55.4 Å². The summed E-state index contributed by atoms with van der Waals surface area (Å²) in [5.74, 6) is -4.63. The predicted molar refractivity (Wildman–Crippen MR) is 393 cm³/mol. The lowest BCUT2D eigenvalue weighted by atomic mass is 10.0. The van der Waals surface area contributed by atoms with Crippen LogP contribution in [0.1, 0.15) is 87.2 Å². The Morgan fingerprint density at radius 3 is 1.08 bits per heavy atom. The van der Waals surface area contributed by atoms with Crippen molar-refractivity contribution in [2.24, 2.45) is 45.8 Å². The number of aryl methyl sites for hydroxylation is 4. The molecule has 0 saturated carbocycles. The van der Waals surface area contributed by atoms with Gasteiger partial charge in [0.05, 0.1) is 13.2 Å². The number of aliphatic hydroxyl groups is 6. The highest BCUT2D eigenvalue weighted by molar-refractivity contribution is 5.86. The third-order valence-electron chi connectivity index (χ3n) is 19.2. The summed E-state index contributed by atoms with van der Waals surface area (Å²) in [5.41, 5.74) is 23.2. The molecule has 6 fully saturated rings. The molecule has 6 aliphatic heterocycles. The fourth-order valence-corrected chi connectivity index (χ4v) is 13.8. The Kier molecular flexibility index (Phi) is 25.4. The number of fused-ring (bicyclic) bond motifs is 6. The first kappa shape index (κ1) is 87.2. The first-order valence-electron chi connectivity index (χ1n) is 34.4. The van der Waals surface area contributed by atoms with Crippen molar-refractivity contribution in [1.82, 2.24) is 81.7 Å². The minimum Gasteiger partial charge on any atom is -0.462 e. The molecule has 0 aromatic carbocycles. The maximum Gasteiger partial charge on any atom is 0.332 e. The number of anilines is 4. The summed E-state index contributed by atoms with van der Waals surface area (Å²) in [6, 6.07) is -1.69. The molecule has 18 atom stereocenters. The van der Waals surface area contributed by atoms with E-state index in [4.69, 9.17) is 81.1 Å². The van der Waals surface area contributed by atoms with Gasteiger partial charge in [0.1, 0.15) is 98.5 Å². The molecule has 51 heteroatoms. The number of nitrogens with zero attached hydrogens (tertiary/aromatic N) is 12. The maximum absolute atomic E-state index is 13.1. The van der Waals surface area contributed by atoms with Gasteiger partial charge in [-0.25, -0.2) is 42.2 Å². The zero-order valence-corrected chi connectivity index (χ0v) is 64.3. The van der Waals surface area contributed by atoms with Gasteiger partial charge in [0, 0.05) is 35.1 Å². The van der Waals surface area contributed by atoms with E-state index in [1.807, 2.05) is 0 Å². The zero-order valence-electron chi connectivity index (χ0n) is 62.7. The average molecular weight is 1650 g/mol. The molecule has 0 bridgehead atoms. The molecular formula is C62H90Cl2N22O27. The first-order chi connectivity index (χ1) is 51.9. The van der Waals surface area contributed by atoms with Crippen molar-refractivity contribution >= 4 is 111 Å². The first-order valence-corrected chi connectivity index (χ1v) is 34.4. The minimum atomic E-state index is -1.55. The van der Waals surface area contributed by atoms with Crippen LogP contribution < -0.4 is 79.0 Å². The fraction of sp³-hybridized carbons (Fsp3) is 0.629. The number of rotatable bonds is 15. The number of nitrogen functional groups attached to an aromatic ring is 4. The number of amides is 1. The third-order valence-corrected chi connectivity index (χ3v) is 19.2. The van der Waals surface area contributed by atoms with Crippen molar-refractivity contribution in [3.05, 3.63) is 83.4 Å². The van der Waals surface area contributed by atoms with Crippen LogP contribution in [-0.2, 0) is 89.9 Å². The van der Waals surface area contributed by atoms with Gasteiger partial charge in [-0.05, 0) is 39.5 Å². The molecule has 8 aromatic rings. The molecule has 14 rings (SSSR count). The van der Waals surface area contributed by atoms with Crippen LogP contribution in [0.5, 0.6) is 0 Å². The van der Waals surface area contributed by atoms with Crippen LogP contribution in [0, 0.1) is 11.8 Å². The van der Waals surface area contributed by atoms with Crippen LogP contribution in [0.3, 0.4) is 0 Å². The van der Waals surface area contributed by atoms with E-state index < -0.39 is 185 Å². The quantitative estimate of drug-likeness (QED) is 0.0424. The van der Waals surface area contributed by atoms with Crippen molar-refractivity contribution in [3.63, 3.8) is 0 Å². The van der Waals surface area contributed by atoms with Crippen molar-refractivity contribution in [2.75, 3.05) is 49.4 Å². The number of aromatic nitrogens is 16. The molecule has 49 nitrogen and oxygen atoms in total. The van der Waals surface area contributed by atoms with E-state index in [9.17, 15) is 78.3 Å². The fourth-order valence-electron chi connectivity index (χ4n) is 13.8. The van der Waals surface area contributed by atoms with Crippen LogP contribution in [0.15, 0.2) is 38.4 Å². The normalized spacial score (nSPS) is 27.1. The number of ether oxygens (including phenoxy) is 10. The van der Waals surface area contributed by atoms with E-state index >= 15 is 0 Å². The summed E-state index contributed by atoms with van der Waals surface area (Å²) in [7, 11) is 5.60. The summed E-state index contributed by atoms with van der Waals surface area (Å²) >= 11 is 0. The zero-order chi connectivity index (χ0) is 81.7. The molecule has 0 radical (unpaired) electrons. The van der Waals surface area contributed by atoms with Crippen LogP contribution in [-0.4, -0.2) is 248 Å². The topological polar surface area (TPSA) is 698 Å². The average Bonchev–Trinajstić information content (AvgIpc) is 1.59. The minimum absolute atomic E-state index is 0. The molecule has 8 aromatic heterocycles. The van der Waals surface area contributed by atoms with Crippen LogP contribution >= 0.6 is 24.8 Å². The van der Waals surface area contributed by atoms with Crippen molar-refractivity contribution < 1.29 is 92.4 Å². The van der Waals surface area contributed by atoms with Gasteiger partial charge in [-0.15, -0.1) is 24.8 Å². The Morgan fingerprint density at radius 1 is 0.460 bits per heavy atom. The Morgan fingerprint density at radius 2 is 0.752 bits per heavy atom. The number of halogens is 2. The number of aliphatic hydroxyl groups excluding tert-OH is 6. The summed E-state index contributed by atoms with van der Waals surface area (Å²) < 4.78 is 65.7. The van der Waals surface area contributed by atoms with Gasteiger partial charge >= 0.3 is 34.7 Å². The number of hydrogen-bond donors (Lipinski definition) is 16. The van der Waals surface area contributed by atoms with Gasteiger partial charge in [-0.1, -0.05) is 27.7 Å². The summed E-state index contributed by atoms with van der Waals surface area (Å²) in [5, 5.41) is 61.8. The van der Waals surface area contributed by atoms with Crippen molar-refractivity contribution in [3.8, 4) is 0 Å². The largest absolute Gasteiger partial charge is 0.462 e. The molecular weight excluding hydrogens is 1560 g/mol. The monoisotopic (exact) mass is 1640 g/mol. The van der Waals surface area contributed by atoms with E-state index in [0.717, 1.165) is 22.8 Å². The van der Waals surface area contributed by atoms with Gasteiger partial charge in [-0.3, -0.25) is 67.0 Å². The third kappa shape index (κ3) is 16.1. The predicted octanol–water partition coefficient (Wildman–Crippen LogP) is -7.85. The Hall–Kier alpha value is -9.81. The number of hydrogen-bond acceptors (Lipinski definition) is 36. The molecule has 21 N–H and O–H groups in total. The number of carbonyl (C=O) groups is 3. The van der Waals surface area contributed by atoms with Gasteiger partial charge in [0.2, 0.25) is 29.7 Å². The second kappa shape index (κ2) is 33.0. The summed E-state index contributed by atoms with van der Waals surface area (Å²) in [4.78, 5) is 161. The molecule has 2 unspecified atom stereocenters. The highest BCUT2D eigenvalue weighted by Crippen LogP contribution is 2.45. The molecule has 624 valence electrons. The van der Waals surface area contributed by atoms with Crippen LogP contribution in [0.4, 0.5) is 23.8 Å². The van der Waals surface area contributed by atoms with Crippen molar-refractivity contribution in [1.29, 1.82) is 0 Å². The summed E-state index contributed by atoms with van der Waals surface area (Å²) in [6.45, 7) is 13.8.